The zero-order valence-electron chi connectivity index (χ0n) is 16.0. The van der Waals surface area contributed by atoms with Crippen LogP contribution in [0, 0.1) is 11.8 Å². The summed E-state index contributed by atoms with van der Waals surface area (Å²) in [6.07, 6.45) is 5.22. The Bertz CT molecular complexity index is 693. The van der Waals surface area contributed by atoms with Gasteiger partial charge in [-0.25, -0.2) is 0 Å². The maximum absolute atomic E-state index is 12.0. The molecule has 2 heterocycles. The van der Waals surface area contributed by atoms with Gasteiger partial charge < -0.3 is 10.2 Å². The first-order valence-electron chi connectivity index (χ1n) is 9.66. The van der Waals surface area contributed by atoms with Gasteiger partial charge in [0.1, 0.15) is 5.69 Å². The number of piperidine rings is 1. The summed E-state index contributed by atoms with van der Waals surface area (Å²) in [5.41, 5.74) is 2.62. The van der Waals surface area contributed by atoms with E-state index in [0.717, 1.165) is 23.9 Å². The highest BCUT2D eigenvalue weighted by Crippen LogP contribution is 2.28. The van der Waals surface area contributed by atoms with Crippen molar-refractivity contribution in [3.63, 3.8) is 0 Å². The van der Waals surface area contributed by atoms with Crippen LogP contribution >= 0.6 is 0 Å². The summed E-state index contributed by atoms with van der Waals surface area (Å²) in [6, 6.07) is 10.5. The van der Waals surface area contributed by atoms with E-state index in [1.165, 1.54) is 31.5 Å². The zero-order chi connectivity index (χ0) is 18.5. The second-order valence-corrected chi connectivity index (χ2v) is 7.77. The molecule has 5 nitrogen and oxygen atoms in total. The van der Waals surface area contributed by atoms with E-state index in [9.17, 15) is 4.79 Å². The van der Waals surface area contributed by atoms with Gasteiger partial charge in [0, 0.05) is 24.5 Å². The van der Waals surface area contributed by atoms with Crippen LogP contribution in [0.3, 0.4) is 0 Å². The van der Waals surface area contributed by atoms with Crippen LogP contribution in [0.25, 0.3) is 0 Å². The number of hydrogen-bond donors (Lipinski definition) is 2. The molecule has 0 spiro atoms. The highest BCUT2D eigenvalue weighted by Gasteiger charge is 2.26. The SMILES string of the molecule is CC(C)N1CC[C@H](CCc2ccc(NC(=O)c3ccn[nH]3)cc2)[C@H](C)C1. The maximum Gasteiger partial charge on any atom is 0.273 e. The number of aryl methyl sites for hydroxylation is 1. The Hall–Kier alpha value is -2.14. The van der Waals surface area contributed by atoms with Crippen molar-refractivity contribution in [2.75, 3.05) is 18.4 Å². The fourth-order valence-electron chi connectivity index (χ4n) is 3.81. The highest BCUT2D eigenvalue weighted by molar-refractivity contribution is 6.02. The van der Waals surface area contributed by atoms with Gasteiger partial charge in [-0.05, 0) is 75.3 Å². The molecule has 1 aliphatic heterocycles. The standard InChI is InChI=1S/C21H30N4O/c1-15(2)25-13-11-18(16(3)14-25)7-4-17-5-8-19(9-6-17)23-21(26)20-10-12-22-24-20/h5-6,8-10,12,15-16,18H,4,7,11,13-14H2,1-3H3,(H,22,24)(H,23,26)/t16-,18+/m1/s1. The first kappa shape index (κ1) is 18.6. The predicted octanol–water partition coefficient (Wildman–Crippen LogP) is 3.96. The summed E-state index contributed by atoms with van der Waals surface area (Å²) in [7, 11) is 0. The van der Waals surface area contributed by atoms with E-state index >= 15 is 0 Å². The Morgan fingerprint density at radius 1 is 1.31 bits per heavy atom. The van der Waals surface area contributed by atoms with E-state index in [4.69, 9.17) is 0 Å². The number of hydrogen-bond acceptors (Lipinski definition) is 3. The lowest BCUT2D eigenvalue weighted by atomic mass is 9.82. The third-order valence-electron chi connectivity index (χ3n) is 5.61. The van der Waals surface area contributed by atoms with Crippen molar-refractivity contribution < 1.29 is 4.79 Å². The minimum absolute atomic E-state index is 0.166. The molecular weight excluding hydrogens is 324 g/mol. The normalized spacial score (nSPS) is 21.1. The molecule has 2 atom stereocenters. The van der Waals surface area contributed by atoms with Crippen molar-refractivity contribution in [1.82, 2.24) is 15.1 Å². The quantitative estimate of drug-likeness (QED) is 0.825. The van der Waals surface area contributed by atoms with Crippen LogP contribution in [0.2, 0.25) is 0 Å². The fraction of sp³-hybridized carbons (Fsp3) is 0.524. The van der Waals surface area contributed by atoms with Crippen LogP contribution < -0.4 is 5.32 Å². The van der Waals surface area contributed by atoms with E-state index in [2.05, 4.69) is 53.3 Å². The monoisotopic (exact) mass is 354 g/mol. The second-order valence-electron chi connectivity index (χ2n) is 7.77. The van der Waals surface area contributed by atoms with Crippen molar-refractivity contribution in [1.29, 1.82) is 0 Å². The van der Waals surface area contributed by atoms with Crippen molar-refractivity contribution >= 4 is 11.6 Å². The molecule has 0 unspecified atom stereocenters. The third kappa shape index (κ3) is 4.73. The number of carbonyl (C=O) groups is 1. The lowest BCUT2D eigenvalue weighted by Gasteiger charge is -2.39. The Balaban J connectivity index is 1.48. The van der Waals surface area contributed by atoms with E-state index in [0.29, 0.717) is 11.7 Å². The lowest BCUT2D eigenvalue weighted by Crippen LogP contribution is -2.43. The molecule has 2 aromatic rings. The Labute approximate surface area is 156 Å². The largest absolute Gasteiger partial charge is 0.321 e. The molecule has 26 heavy (non-hydrogen) atoms. The summed E-state index contributed by atoms with van der Waals surface area (Å²) in [5, 5.41) is 9.36. The fourth-order valence-corrected chi connectivity index (χ4v) is 3.81. The number of aromatic nitrogens is 2. The van der Waals surface area contributed by atoms with Crippen LogP contribution in [0.15, 0.2) is 36.5 Å². The molecule has 2 N–H and O–H groups in total. The molecule has 5 heteroatoms. The summed E-state index contributed by atoms with van der Waals surface area (Å²) in [5.74, 6) is 1.41. The van der Waals surface area contributed by atoms with Crippen molar-refractivity contribution in [2.45, 2.75) is 46.1 Å². The number of likely N-dealkylation sites (tertiary alicyclic amines) is 1. The third-order valence-corrected chi connectivity index (χ3v) is 5.61. The molecule has 0 saturated carbocycles. The first-order valence-corrected chi connectivity index (χ1v) is 9.66. The van der Waals surface area contributed by atoms with Crippen LogP contribution in [-0.2, 0) is 6.42 Å². The molecule has 1 amide bonds. The molecule has 140 valence electrons. The van der Waals surface area contributed by atoms with Gasteiger partial charge in [-0.2, -0.15) is 5.10 Å². The molecule has 0 radical (unpaired) electrons. The van der Waals surface area contributed by atoms with Gasteiger partial charge in [-0.1, -0.05) is 19.1 Å². The van der Waals surface area contributed by atoms with Crippen molar-refractivity contribution in [3.05, 3.63) is 47.8 Å². The average molecular weight is 354 g/mol. The van der Waals surface area contributed by atoms with Gasteiger partial charge in [0.15, 0.2) is 0 Å². The molecule has 1 saturated heterocycles. The highest BCUT2D eigenvalue weighted by atomic mass is 16.1. The van der Waals surface area contributed by atoms with E-state index in [1.807, 2.05) is 12.1 Å². The van der Waals surface area contributed by atoms with E-state index in [1.54, 1.807) is 12.3 Å². The molecular formula is C21H30N4O. The van der Waals surface area contributed by atoms with Crippen LogP contribution in [0.5, 0.6) is 0 Å². The number of carbonyl (C=O) groups excluding carboxylic acids is 1. The van der Waals surface area contributed by atoms with Crippen molar-refractivity contribution in [2.24, 2.45) is 11.8 Å². The summed E-state index contributed by atoms with van der Waals surface area (Å²) >= 11 is 0. The minimum Gasteiger partial charge on any atom is -0.321 e. The number of amides is 1. The molecule has 1 aromatic heterocycles. The molecule has 1 aliphatic rings. The Morgan fingerprint density at radius 3 is 2.69 bits per heavy atom. The summed E-state index contributed by atoms with van der Waals surface area (Å²) < 4.78 is 0. The second kappa shape index (κ2) is 8.49. The van der Waals surface area contributed by atoms with Crippen molar-refractivity contribution in [3.8, 4) is 0 Å². The van der Waals surface area contributed by atoms with E-state index in [-0.39, 0.29) is 5.91 Å². The number of H-pyrrole nitrogens is 1. The summed E-state index contributed by atoms with van der Waals surface area (Å²) in [4.78, 5) is 14.6. The molecule has 3 rings (SSSR count). The number of nitrogens with zero attached hydrogens (tertiary/aromatic N) is 2. The number of benzene rings is 1. The smallest absolute Gasteiger partial charge is 0.273 e. The van der Waals surface area contributed by atoms with Crippen LogP contribution in [-0.4, -0.2) is 40.1 Å². The van der Waals surface area contributed by atoms with Gasteiger partial charge in [-0.3, -0.25) is 9.89 Å². The van der Waals surface area contributed by atoms with Gasteiger partial charge in [-0.15, -0.1) is 0 Å². The van der Waals surface area contributed by atoms with Crippen LogP contribution in [0.1, 0.15) is 49.7 Å². The Morgan fingerprint density at radius 2 is 2.08 bits per heavy atom. The molecule has 1 fully saturated rings. The van der Waals surface area contributed by atoms with Crippen LogP contribution in [0.4, 0.5) is 5.69 Å². The average Bonchev–Trinajstić information content (AvgIpc) is 3.16. The minimum atomic E-state index is -0.166. The van der Waals surface area contributed by atoms with Gasteiger partial charge >= 0.3 is 0 Å². The molecule has 1 aromatic carbocycles. The molecule has 0 bridgehead atoms. The zero-order valence-corrected chi connectivity index (χ0v) is 16.0. The predicted molar refractivity (Wildman–Crippen MR) is 105 cm³/mol. The first-order chi connectivity index (χ1) is 12.5. The summed E-state index contributed by atoms with van der Waals surface area (Å²) in [6.45, 7) is 9.43. The number of nitrogens with one attached hydrogen (secondary N) is 2. The number of rotatable bonds is 6. The van der Waals surface area contributed by atoms with E-state index < -0.39 is 0 Å². The topological polar surface area (TPSA) is 61.0 Å². The number of aromatic amines is 1. The van der Waals surface area contributed by atoms with Gasteiger partial charge in [0.05, 0.1) is 0 Å². The molecule has 0 aliphatic carbocycles. The maximum atomic E-state index is 12.0. The van der Waals surface area contributed by atoms with Gasteiger partial charge in [0.2, 0.25) is 0 Å². The Kier molecular flexibility index (Phi) is 6.09. The van der Waals surface area contributed by atoms with Gasteiger partial charge in [0.25, 0.3) is 5.91 Å². The number of anilines is 1. The lowest BCUT2D eigenvalue weighted by molar-refractivity contribution is 0.0981.